The first-order valence-electron chi connectivity index (χ1n) is 6.17. The third-order valence-corrected chi connectivity index (χ3v) is 2.35. The first kappa shape index (κ1) is 14.5. The van der Waals surface area contributed by atoms with Crippen molar-refractivity contribution in [3.8, 4) is 0 Å². The Morgan fingerprint density at radius 2 is 1.94 bits per heavy atom. The molecule has 1 amide bonds. The maximum absolute atomic E-state index is 11.7. The van der Waals surface area contributed by atoms with Gasteiger partial charge in [-0.15, -0.1) is 0 Å². The van der Waals surface area contributed by atoms with Crippen LogP contribution in [0.15, 0.2) is 30.3 Å². The summed E-state index contributed by atoms with van der Waals surface area (Å²) in [5.74, 6) is 0. The number of alkyl carbamates (subject to hydrolysis) is 1. The van der Waals surface area contributed by atoms with Crippen LogP contribution in [-0.4, -0.2) is 18.2 Å². The molecule has 4 nitrogen and oxygen atoms in total. The zero-order valence-corrected chi connectivity index (χ0v) is 11.3. The van der Waals surface area contributed by atoms with E-state index < -0.39 is 11.7 Å². The number of rotatable bonds is 4. The molecule has 1 unspecified atom stereocenters. The minimum absolute atomic E-state index is 0.106. The number of ether oxygens (including phenoxy) is 1. The molecule has 1 atom stereocenters. The summed E-state index contributed by atoms with van der Waals surface area (Å²) in [6.07, 6.45) is 0.272. The summed E-state index contributed by atoms with van der Waals surface area (Å²) in [7, 11) is 0. The molecule has 4 heteroatoms. The highest BCUT2D eigenvalue weighted by Gasteiger charge is 2.19. The lowest BCUT2D eigenvalue weighted by Crippen LogP contribution is -2.35. The van der Waals surface area contributed by atoms with Crippen LogP contribution >= 0.6 is 0 Å². The molecule has 0 saturated heterocycles. The number of carbonyl (C=O) groups excluding carboxylic acids is 1. The van der Waals surface area contributed by atoms with Crippen molar-refractivity contribution in [3.05, 3.63) is 35.9 Å². The Morgan fingerprint density at radius 3 is 2.44 bits per heavy atom. The fourth-order valence-corrected chi connectivity index (χ4v) is 1.62. The van der Waals surface area contributed by atoms with Crippen molar-refractivity contribution in [2.45, 2.75) is 38.8 Å². The van der Waals surface area contributed by atoms with Crippen molar-refractivity contribution in [1.82, 2.24) is 5.32 Å². The molecular weight excluding hydrogens is 228 g/mol. The van der Waals surface area contributed by atoms with Crippen molar-refractivity contribution < 1.29 is 9.53 Å². The van der Waals surface area contributed by atoms with Crippen LogP contribution in [0.1, 0.15) is 38.8 Å². The monoisotopic (exact) mass is 250 g/mol. The standard InChI is InChI=1S/C14H22N2O2/c1-14(2,3)18-13(17)16-12(9-10-15)11-7-5-4-6-8-11/h4-8,12H,9-10,15H2,1-3H3,(H,16,17). The zero-order valence-electron chi connectivity index (χ0n) is 11.3. The molecule has 100 valence electrons. The van der Waals surface area contributed by atoms with Crippen molar-refractivity contribution in [2.75, 3.05) is 6.54 Å². The number of amides is 1. The van der Waals surface area contributed by atoms with E-state index in [9.17, 15) is 4.79 Å². The van der Waals surface area contributed by atoms with E-state index in [4.69, 9.17) is 10.5 Å². The summed E-state index contributed by atoms with van der Waals surface area (Å²) in [6.45, 7) is 6.03. The molecule has 1 aromatic carbocycles. The number of nitrogens with two attached hydrogens (primary N) is 1. The fraction of sp³-hybridized carbons (Fsp3) is 0.500. The van der Waals surface area contributed by atoms with Crippen molar-refractivity contribution in [2.24, 2.45) is 5.73 Å². The van der Waals surface area contributed by atoms with Gasteiger partial charge in [0, 0.05) is 0 Å². The normalized spacial score (nSPS) is 12.9. The largest absolute Gasteiger partial charge is 0.444 e. The van der Waals surface area contributed by atoms with E-state index in [1.165, 1.54) is 0 Å². The highest BCUT2D eigenvalue weighted by atomic mass is 16.6. The van der Waals surface area contributed by atoms with Gasteiger partial charge in [0.1, 0.15) is 5.60 Å². The Kier molecular flexibility index (Phi) is 5.16. The Morgan fingerprint density at radius 1 is 1.33 bits per heavy atom. The molecule has 0 fully saturated rings. The van der Waals surface area contributed by atoms with Crippen LogP contribution in [0.2, 0.25) is 0 Å². The van der Waals surface area contributed by atoms with E-state index >= 15 is 0 Å². The van der Waals surface area contributed by atoms with Gasteiger partial charge in [0.2, 0.25) is 0 Å². The average Bonchev–Trinajstić information content (AvgIpc) is 2.27. The zero-order chi connectivity index (χ0) is 13.6. The summed E-state index contributed by atoms with van der Waals surface area (Å²) in [5, 5.41) is 2.85. The van der Waals surface area contributed by atoms with Crippen molar-refractivity contribution in [1.29, 1.82) is 0 Å². The van der Waals surface area contributed by atoms with Crippen LogP contribution in [0, 0.1) is 0 Å². The van der Waals surface area contributed by atoms with Crippen LogP contribution in [-0.2, 0) is 4.74 Å². The van der Waals surface area contributed by atoms with Crippen LogP contribution in [0.4, 0.5) is 4.79 Å². The Bertz CT molecular complexity index is 371. The lowest BCUT2D eigenvalue weighted by molar-refractivity contribution is 0.0501. The summed E-state index contributed by atoms with van der Waals surface area (Å²) in [4.78, 5) is 11.7. The average molecular weight is 250 g/mol. The van der Waals surface area contributed by atoms with Gasteiger partial charge >= 0.3 is 6.09 Å². The first-order valence-corrected chi connectivity index (χ1v) is 6.17. The highest BCUT2D eigenvalue weighted by molar-refractivity contribution is 5.68. The molecule has 0 aliphatic heterocycles. The second kappa shape index (κ2) is 6.40. The van der Waals surface area contributed by atoms with Gasteiger partial charge in [-0.1, -0.05) is 30.3 Å². The van der Waals surface area contributed by atoms with Crippen molar-refractivity contribution in [3.63, 3.8) is 0 Å². The summed E-state index contributed by atoms with van der Waals surface area (Å²) in [5.41, 5.74) is 6.12. The maximum atomic E-state index is 11.7. The highest BCUT2D eigenvalue weighted by Crippen LogP contribution is 2.17. The van der Waals surface area contributed by atoms with E-state index in [-0.39, 0.29) is 6.04 Å². The second-order valence-corrected chi connectivity index (χ2v) is 5.19. The molecule has 0 saturated carbocycles. The van der Waals surface area contributed by atoms with Gasteiger partial charge in [0.25, 0.3) is 0 Å². The third kappa shape index (κ3) is 5.19. The molecule has 0 radical (unpaired) electrons. The van der Waals surface area contributed by atoms with Crippen LogP contribution in [0.3, 0.4) is 0 Å². The molecule has 1 rings (SSSR count). The topological polar surface area (TPSA) is 64.3 Å². The lowest BCUT2D eigenvalue weighted by Gasteiger charge is -2.23. The summed E-state index contributed by atoms with van der Waals surface area (Å²) in [6, 6.07) is 9.66. The fourth-order valence-electron chi connectivity index (χ4n) is 1.62. The molecular formula is C14H22N2O2. The number of hydrogen-bond acceptors (Lipinski definition) is 3. The smallest absolute Gasteiger partial charge is 0.408 e. The molecule has 0 spiro atoms. The quantitative estimate of drug-likeness (QED) is 0.863. The molecule has 1 aromatic rings. The number of benzene rings is 1. The van der Waals surface area contributed by atoms with Gasteiger partial charge in [-0.2, -0.15) is 0 Å². The number of nitrogens with one attached hydrogen (secondary N) is 1. The lowest BCUT2D eigenvalue weighted by atomic mass is 10.0. The van der Waals surface area contributed by atoms with E-state index in [2.05, 4.69) is 5.32 Å². The van der Waals surface area contributed by atoms with Gasteiger partial charge in [0.05, 0.1) is 6.04 Å². The van der Waals surface area contributed by atoms with E-state index in [1.807, 2.05) is 51.1 Å². The maximum Gasteiger partial charge on any atom is 0.408 e. The van der Waals surface area contributed by atoms with Gasteiger partial charge < -0.3 is 15.8 Å². The van der Waals surface area contributed by atoms with E-state index in [0.717, 1.165) is 5.56 Å². The Hall–Kier alpha value is -1.55. The third-order valence-electron chi connectivity index (χ3n) is 2.35. The summed E-state index contributed by atoms with van der Waals surface area (Å²) < 4.78 is 5.25. The molecule has 0 aliphatic rings. The minimum Gasteiger partial charge on any atom is -0.444 e. The van der Waals surface area contributed by atoms with E-state index in [1.54, 1.807) is 0 Å². The summed E-state index contributed by atoms with van der Waals surface area (Å²) >= 11 is 0. The molecule has 0 aromatic heterocycles. The second-order valence-electron chi connectivity index (χ2n) is 5.19. The first-order chi connectivity index (χ1) is 8.42. The van der Waals surface area contributed by atoms with Crippen LogP contribution in [0.25, 0.3) is 0 Å². The number of carbonyl (C=O) groups is 1. The van der Waals surface area contributed by atoms with Gasteiger partial charge in [-0.3, -0.25) is 0 Å². The molecule has 3 N–H and O–H groups in total. The van der Waals surface area contributed by atoms with Gasteiger partial charge in [-0.25, -0.2) is 4.79 Å². The van der Waals surface area contributed by atoms with Crippen LogP contribution in [0.5, 0.6) is 0 Å². The van der Waals surface area contributed by atoms with Gasteiger partial charge in [-0.05, 0) is 39.3 Å². The molecule has 0 heterocycles. The Labute approximate surface area is 109 Å². The van der Waals surface area contributed by atoms with Crippen molar-refractivity contribution >= 4 is 6.09 Å². The number of hydrogen-bond donors (Lipinski definition) is 2. The molecule has 0 bridgehead atoms. The molecule has 18 heavy (non-hydrogen) atoms. The van der Waals surface area contributed by atoms with Gasteiger partial charge in [0.15, 0.2) is 0 Å². The predicted molar refractivity (Wildman–Crippen MR) is 72.2 cm³/mol. The SMILES string of the molecule is CC(C)(C)OC(=O)NC(CCN)c1ccccc1. The molecule has 0 aliphatic carbocycles. The minimum atomic E-state index is -0.492. The Balaban J connectivity index is 2.67. The van der Waals surface area contributed by atoms with E-state index in [0.29, 0.717) is 13.0 Å². The predicted octanol–water partition coefficient (Wildman–Crippen LogP) is 2.60. The van der Waals surface area contributed by atoms with Crippen LogP contribution < -0.4 is 11.1 Å².